The molecular formula is C17H24N2O2. The zero-order valence-corrected chi connectivity index (χ0v) is 13.0. The molecule has 1 aromatic heterocycles. The summed E-state index contributed by atoms with van der Waals surface area (Å²) in [4.78, 5) is 4.56. The van der Waals surface area contributed by atoms with Gasteiger partial charge in [-0.1, -0.05) is 25.1 Å². The zero-order chi connectivity index (χ0) is 15.3. The summed E-state index contributed by atoms with van der Waals surface area (Å²) in [6.45, 7) is 7.48. The third-order valence-corrected chi connectivity index (χ3v) is 3.69. The molecule has 0 radical (unpaired) electrons. The van der Waals surface area contributed by atoms with E-state index < -0.39 is 0 Å². The van der Waals surface area contributed by atoms with Crippen molar-refractivity contribution in [1.29, 1.82) is 0 Å². The molecule has 21 heavy (non-hydrogen) atoms. The fourth-order valence-electron chi connectivity index (χ4n) is 2.37. The Morgan fingerprint density at radius 1 is 1.29 bits per heavy atom. The summed E-state index contributed by atoms with van der Waals surface area (Å²) in [5, 5.41) is 13.9. The maximum atomic E-state index is 9.49. The van der Waals surface area contributed by atoms with E-state index in [9.17, 15) is 5.11 Å². The van der Waals surface area contributed by atoms with Crippen LogP contribution in [0, 0.1) is 6.92 Å². The van der Waals surface area contributed by atoms with Gasteiger partial charge in [-0.2, -0.15) is 0 Å². The number of nitrogens with one attached hydrogen (secondary N) is 1. The molecule has 0 spiro atoms. The number of rotatable bonds is 7. The van der Waals surface area contributed by atoms with Crippen LogP contribution < -0.4 is 10.1 Å². The summed E-state index contributed by atoms with van der Waals surface area (Å²) in [5.41, 5.74) is 1.57. The standard InChI is InChI=1S/C17H24N2O2/c1-4-18-17(3,12-20)10-11-21-15-7-5-6-14-9-8-13(2)19-16(14)15/h5-9,18,20H,4,10-12H2,1-3H3. The fraction of sp³-hybridized carbons (Fsp3) is 0.471. The van der Waals surface area contributed by atoms with Crippen molar-refractivity contribution in [3.8, 4) is 5.75 Å². The Morgan fingerprint density at radius 3 is 2.81 bits per heavy atom. The Hall–Kier alpha value is -1.65. The van der Waals surface area contributed by atoms with Crippen LogP contribution in [0.1, 0.15) is 26.0 Å². The quantitative estimate of drug-likeness (QED) is 0.822. The number of likely N-dealkylation sites (N-methyl/N-ethyl adjacent to an activating group) is 1. The van der Waals surface area contributed by atoms with Crippen molar-refractivity contribution in [3.05, 3.63) is 36.0 Å². The lowest BCUT2D eigenvalue weighted by atomic mass is 10.00. The van der Waals surface area contributed by atoms with Gasteiger partial charge < -0.3 is 15.2 Å². The van der Waals surface area contributed by atoms with Crippen LogP contribution in [0.2, 0.25) is 0 Å². The minimum atomic E-state index is -0.303. The number of nitrogens with zero attached hydrogens (tertiary/aromatic N) is 1. The number of aromatic nitrogens is 1. The van der Waals surface area contributed by atoms with E-state index in [1.807, 2.05) is 45.0 Å². The van der Waals surface area contributed by atoms with Crippen LogP contribution in [0.15, 0.2) is 30.3 Å². The van der Waals surface area contributed by atoms with E-state index >= 15 is 0 Å². The van der Waals surface area contributed by atoms with Crippen molar-refractivity contribution in [1.82, 2.24) is 10.3 Å². The second-order valence-corrected chi connectivity index (χ2v) is 5.63. The average Bonchev–Trinajstić information content (AvgIpc) is 2.48. The summed E-state index contributed by atoms with van der Waals surface area (Å²) in [5.74, 6) is 0.799. The van der Waals surface area contributed by atoms with Crippen molar-refractivity contribution in [3.63, 3.8) is 0 Å². The minimum absolute atomic E-state index is 0.0943. The van der Waals surface area contributed by atoms with Crippen LogP contribution in [0.25, 0.3) is 10.9 Å². The van der Waals surface area contributed by atoms with Gasteiger partial charge in [0.05, 0.1) is 13.2 Å². The number of aliphatic hydroxyl groups excluding tert-OH is 1. The molecular weight excluding hydrogens is 264 g/mol. The molecule has 2 rings (SSSR count). The van der Waals surface area contributed by atoms with Crippen molar-refractivity contribution in [2.75, 3.05) is 19.8 Å². The summed E-state index contributed by atoms with van der Waals surface area (Å²) < 4.78 is 5.90. The van der Waals surface area contributed by atoms with Crippen molar-refractivity contribution in [2.45, 2.75) is 32.7 Å². The molecule has 1 heterocycles. The van der Waals surface area contributed by atoms with Gasteiger partial charge in [-0.05, 0) is 32.5 Å². The maximum absolute atomic E-state index is 9.49. The van der Waals surface area contributed by atoms with Gasteiger partial charge in [0.2, 0.25) is 0 Å². The number of fused-ring (bicyclic) bond motifs is 1. The molecule has 2 aromatic rings. The van der Waals surface area contributed by atoms with E-state index in [1.165, 1.54) is 0 Å². The molecule has 2 N–H and O–H groups in total. The molecule has 0 aliphatic rings. The highest BCUT2D eigenvalue weighted by Crippen LogP contribution is 2.24. The van der Waals surface area contributed by atoms with Gasteiger partial charge >= 0.3 is 0 Å². The lowest BCUT2D eigenvalue weighted by Crippen LogP contribution is -2.46. The second-order valence-electron chi connectivity index (χ2n) is 5.63. The van der Waals surface area contributed by atoms with E-state index in [-0.39, 0.29) is 12.1 Å². The number of para-hydroxylation sites is 1. The monoisotopic (exact) mass is 288 g/mol. The number of benzene rings is 1. The van der Waals surface area contributed by atoms with Gasteiger partial charge in [-0.25, -0.2) is 4.98 Å². The Kier molecular flexibility index (Phi) is 5.15. The largest absolute Gasteiger partial charge is 0.491 e. The number of pyridine rings is 1. The molecule has 0 saturated carbocycles. The molecule has 1 atom stereocenters. The van der Waals surface area contributed by atoms with Gasteiger partial charge in [-0.3, -0.25) is 0 Å². The number of hydrogen-bond donors (Lipinski definition) is 2. The predicted molar refractivity (Wildman–Crippen MR) is 85.8 cm³/mol. The van der Waals surface area contributed by atoms with E-state index in [1.54, 1.807) is 0 Å². The van der Waals surface area contributed by atoms with Gasteiger partial charge in [0.15, 0.2) is 0 Å². The van der Waals surface area contributed by atoms with Gasteiger partial charge in [-0.15, -0.1) is 0 Å². The Labute approximate surface area is 126 Å². The molecule has 0 fully saturated rings. The summed E-state index contributed by atoms with van der Waals surface area (Å²) in [6.07, 6.45) is 0.736. The summed E-state index contributed by atoms with van der Waals surface area (Å²) in [6, 6.07) is 10.0. The first-order valence-corrected chi connectivity index (χ1v) is 7.43. The SMILES string of the molecule is CCNC(C)(CO)CCOc1cccc2ccc(C)nc12. The molecule has 4 nitrogen and oxygen atoms in total. The van der Waals surface area contributed by atoms with Crippen molar-refractivity contribution < 1.29 is 9.84 Å². The predicted octanol–water partition coefficient (Wildman–Crippen LogP) is 2.67. The lowest BCUT2D eigenvalue weighted by Gasteiger charge is -2.28. The van der Waals surface area contributed by atoms with E-state index in [0.29, 0.717) is 6.61 Å². The van der Waals surface area contributed by atoms with Gasteiger partial charge in [0.25, 0.3) is 0 Å². The average molecular weight is 288 g/mol. The highest BCUT2D eigenvalue weighted by atomic mass is 16.5. The molecule has 0 amide bonds. The second kappa shape index (κ2) is 6.87. The van der Waals surface area contributed by atoms with E-state index in [4.69, 9.17) is 4.74 Å². The third-order valence-electron chi connectivity index (χ3n) is 3.69. The zero-order valence-electron chi connectivity index (χ0n) is 13.0. The maximum Gasteiger partial charge on any atom is 0.145 e. The van der Waals surface area contributed by atoms with E-state index in [0.717, 1.165) is 35.3 Å². The van der Waals surface area contributed by atoms with Crippen LogP contribution in [0.5, 0.6) is 5.75 Å². The topological polar surface area (TPSA) is 54.4 Å². The summed E-state index contributed by atoms with van der Waals surface area (Å²) in [7, 11) is 0. The number of ether oxygens (including phenoxy) is 1. The van der Waals surface area contributed by atoms with Crippen LogP contribution >= 0.6 is 0 Å². The molecule has 0 aliphatic heterocycles. The molecule has 1 unspecified atom stereocenters. The first kappa shape index (κ1) is 15.7. The number of hydrogen-bond acceptors (Lipinski definition) is 4. The van der Waals surface area contributed by atoms with Crippen molar-refractivity contribution in [2.24, 2.45) is 0 Å². The van der Waals surface area contributed by atoms with E-state index in [2.05, 4.69) is 16.4 Å². The normalized spacial score (nSPS) is 14.1. The van der Waals surface area contributed by atoms with Crippen molar-refractivity contribution >= 4 is 10.9 Å². The number of aryl methyl sites for hydroxylation is 1. The van der Waals surface area contributed by atoms with Crippen LogP contribution in [0.4, 0.5) is 0 Å². The smallest absolute Gasteiger partial charge is 0.145 e. The fourth-order valence-corrected chi connectivity index (χ4v) is 2.37. The molecule has 114 valence electrons. The Bertz CT molecular complexity index is 600. The number of aliphatic hydroxyl groups is 1. The molecule has 0 aliphatic carbocycles. The van der Waals surface area contributed by atoms with Crippen LogP contribution in [0.3, 0.4) is 0 Å². The molecule has 1 aromatic carbocycles. The Morgan fingerprint density at radius 2 is 2.10 bits per heavy atom. The van der Waals surface area contributed by atoms with Crippen LogP contribution in [-0.4, -0.2) is 35.4 Å². The molecule has 0 bridgehead atoms. The lowest BCUT2D eigenvalue weighted by molar-refractivity contribution is 0.146. The highest BCUT2D eigenvalue weighted by molar-refractivity contribution is 5.84. The summed E-state index contributed by atoms with van der Waals surface area (Å²) >= 11 is 0. The first-order valence-electron chi connectivity index (χ1n) is 7.43. The van der Waals surface area contributed by atoms with Crippen LogP contribution in [-0.2, 0) is 0 Å². The molecule has 0 saturated heterocycles. The van der Waals surface area contributed by atoms with Gasteiger partial charge in [0.1, 0.15) is 11.3 Å². The van der Waals surface area contributed by atoms with Gasteiger partial charge in [0, 0.05) is 23.0 Å². The first-order chi connectivity index (χ1) is 10.1. The minimum Gasteiger partial charge on any atom is -0.491 e. The highest BCUT2D eigenvalue weighted by Gasteiger charge is 2.21. The molecule has 4 heteroatoms. The Balaban J connectivity index is 2.08. The third kappa shape index (κ3) is 3.93.